The summed E-state index contributed by atoms with van der Waals surface area (Å²) in [6, 6.07) is 9.91. The summed E-state index contributed by atoms with van der Waals surface area (Å²) in [4.78, 5) is 16.2. The van der Waals surface area contributed by atoms with Crippen LogP contribution in [0, 0.1) is 36.8 Å². The second-order valence-corrected chi connectivity index (χ2v) is 7.48. The SMILES string of the molecule is Cc1cc(NC(=S)NC(=O)c2c(F)cccc2F)cc(C)c1Oc1ncc(C#N)cc1Cl. The molecule has 0 atom stereocenters. The van der Waals surface area contributed by atoms with Crippen molar-refractivity contribution >= 4 is 40.5 Å². The quantitative estimate of drug-likeness (QED) is 0.493. The molecule has 0 unspecified atom stereocenters. The van der Waals surface area contributed by atoms with E-state index in [9.17, 15) is 13.6 Å². The third-order valence-corrected chi connectivity index (χ3v) is 4.75. The topological polar surface area (TPSA) is 87.0 Å². The predicted octanol–water partition coefficient (Wildman–Crippen LogP) is 5.42. The first-order chi connectivity index (χ1) is 15.2. The Morgan fingerprint density at radius 1 is 1.19 bits per heavy atom. The molecule has 0 radical (unpaired) electrons. The number of pyridine rings is 1. The van der Waals surface area contributed by atoms with Gasteiger partial charge in [0.1, 0.15) is 34.0 Å². The lowest BCUT2D eigenvalue weighted by Gasteiger charge is -2.15. The summed E-state index contributed by atoms with van der Waals surface area (Å²) >= 11 is 11.2. The van der Waals surface area contributed by atoms with Gasteiger partial charge in [0.05, 0.1) is 5.56 Å². The van der Waals surface area contributed by atoms with Crippen molar-refractivity contribution in [2.24, 2.45) is 0 Å². The first-order valence-corrected chi connectivity index (χ1v) is 9.89. The summed E-state index contributed by atoms with van der Waals surface area (Å²) in [5.74, 6) is -2.35. The molecule has 2 aromatic carbocycles. The zero-order chi connectivity index (χ0) is 23.4. The fourth-order valence-electron chi connectivity index (χ4n) is 2.88. The molecule has 0 fully saturated rings. The van der Waals surface area contributed by atoms with Crippen molar-refractivity contribution in [1.82, 2.24) is 10.3 Å². The molecule has 32 heavy (non-hydrogen) atoms. The third-order valence-electron chi connectivity index (χ3n) is 4.27. The van der Waals surface area contributed by atoms with Crippen LogP contribution in [0.5, 0.6) is 11.6 Å². The minimum absolute atomic E-state index is 0.137. The fourth-order valence-corrected chi connectivity index (χ4v) is 3.30. The maximum atomic E-state index is 13.8. The van der Waals surface area contributed by atoms with Gasteiger partial charge in [-0.2, -0.15) is 5.26 Å². The maximum Gasteiger partial charge on any atom is 0.263 e. The second kappa shape index (κ2) is 9.68. The minimum atomic E-state index is -1.01. The van der Waals surface area contributed by atoms with E-state index in [0.29, 0.717) is 28.1 Å². The summed E-state index contributed by atoms with van der Waals surface area (Å²) in [6.45, 7) is 3.56. The number of ether oxygens (including phenoxy) is 1. The molecule has 3 rings (SSSR count). The van der Waals surface area contributed by atoms with E-state index in [-0.39, 0.29) is 16.0 Å². The Morgan fingerprint density at radius 3 is 2.38 bits per heavy atom. The molecule has 6 nitrogen and oxygen atoms in total. The molecule has 0 saturated carbocycles. The Labute approximate surface area is 192 Å². The van der Waals surface area contributed by atoms with Gasteiger partial charge in [0.25, 0.3) is 5.91 Å². The highest BCUT2D eigenvalue weighted by molar-refractivity contribution is 7.80. The van der Waals surface area contributed by atoms with Gasteiger partial charge in [0.15, 0.2) is 5.11 Å². The molecule has 1 amide bonds. The number of nitrogens with one attached hydrogen (secondary N) is 2. The average molecular weight is 473 g/mol. The Morgan fingerprint density at radius 2 is 1.81 bits per heavy atom. The number of carbonyl (C=O) groups excluding carboxylic acids is 1. The number of amides is 1. The standard InChI is InChI=1S/C22H15ClF2N4O2S/c1-11-6-14(28-22(32)29-20(30)18-16(24)4-3-5-17(18)25)7-12(2)19(11)31-21-15(23)8-13(9-26)10-27-21/h3-8,10H,1-2H3,(H2,28,29,30,32). The molecule has 162 valence electrons. The molecule has 0 aliphatic carbocycles. The number of aromatic nitrogens is 1. The number of nitrogens with zero attached hydrogens (tertiary/aromatic N) is 2. The Balaban J connectivity index is 1.74. The minimum Gasteiger partial charge on any atom is -0.437 e. The third kappa shape index (κ3) is 5.17. The van der Waals surface area contributed by atoms with E-state index in [1.165, 1.54) is 12.3 Å². The Bertz CT molecular complexity index is 1230. The van der Waals surface area contributed by atoms with E-state index in [4.69, 9.17) is 33.8 Å². The molecular weight excluding hydrogens is 458 g/mol. The molecule has 0 saturated heterocycles. The fraction of sp³-hybridized carbons (Fsp3) is 0.0909. The molecule has 0 bridgehead atoms. The molecule has 1 heterocycles. The first-order valence-electron chi connectivity index (χ1n) is 9.10. The van der Waals surface area contributed by atoms with Crippen LogP contribution >= 0.6 is 23.8 Å². The van der Waals surface area contributed by atoms with Gasteiger partial charge in [-0.15, -0.1) is 0 Å². The normalized spacial score (nSPS) is 10.2. The lowest BCUT2D eigenvalue weighted by atomic mass is 10.1. The van der Waals surface area contributed by atoms with Crippen LogP contribution < -0.4 is 15.4 Å². The largest absolute Gasteiger partial charge is 0.437 e. The highest BCUT2D eigenvalue weighted by Gasteiger charge is 2.18. The van der Waals surface area contributed by atoms with E-state index in [0.717, 1.165) is 18.2 Å². The molecule has 0 spiro atoms. The van der Waals surface area contributed by atoms with Crippen molar-refractivity contribution in [2.75, 3.05) is 5.32 Å². The van der Waals surface area contributed by atoms with Gasteiger partial charge in [-0.05, 0) is 67.5 Å². The zero-order valence-corrected chi connectivity index (χ0v) is 18.4. The highest BCUT2D eigenvalue weighted by Crippen LogP contribution is 2.34. The van der Waals surface area contributed by atoms with E-state index < -0.39 is 23.1 Å². The number of anilines is 1. The molecule has 2 N–H and O–H groups in total. The lowest BCUT2D eigenvalue weighted by Crippen LogP contribution is -2.35. The number of hydrogen-bond donors (Lipinski definition) is 2. The predicted molar refractivity (Wildman–Crippen MR) is 120 cm³/mol. The van der Waals surface area contributed by atoms with Crippen molar-refractivity contribution in [3.05, 3.63) is 81.5 Å². The Hall–Kier alpha value is -3.61. The van der Waals surface area contributed by atoms with Gasteiger partial charge >= 0.3 is 0 Å². The van der Waals surface area contributed by atoms with E-state index in [1.54, 1.807) is 26.0 Å². The molecular formula is C22H15ClF2N4O2S. The van der Waals surface area contributed by atoms with Crippen LogP contribution in [0.2, 0.25) is 5.02 Å². The maximum absolute atomic E-state index is 13.8. The van der Waals surface area contributed by atoms with Gasteiger partial charge in [0, 0.05) is 11.9 Å². The average Bonchev–Trinajstić information content (AvgIpc) is 2.71. The number of carbonyl (C=O) groups is 1. The van der Waals surface area contributed by atoms with Crippen LogP contribution in [0.15, 0.2) is 42.6 Å². The number of aryl methyl sites for hydroxylation is 2. The lowest BCUT2D eigenvalue weighted by molar-refractivity contribution is 0.0969. The van der Waals surface area contributed by atoms with Crippen LogP contribution in [0.25, 0.3) is 0 Å². The van der Waals surface area contributed by atoms with Crippen LogP contribution in [0.1, 0.15) is 27.0 Å². The van der Waals surface area contributed by atoms with Gasteiger partial charge in [-0.3, -0.25) is 10.1 Å². The molecule has 0 aliphatic rings. The monoisotopic (exact) mass is 472 g/mol. The highest BCUT2D eigenvalue weighted by atomic mass is 35.5. The van der Waals surface area contributed by atoms with Crippen LogP contribution in [0.4, 0.5) is 14.5 Å². The molecule has 1 aromatic heterocycles. The summed E-state index contributed by atoms with van der Waals surface area (Å²) in [5, 5.41) is 14.0. The molecule has 3 aromatic rings. The van der Waals surface area contributed by atoms with Crippen molar-refractivity contribution < 1.29 is 18.3 Å². The number of hydrogen-bond acceptors (Lipinski definition) is 5. The van der Waals surface area contributed by atoms with Gasteiger partial charge < -0.3 is 10.1 Å². The summed E-state index contributed by atoms with van der Waals surface area (Å²) in [5.41, 5.74) is 1.50. The van der Waals surface area contributed by atoms with Crippen LogP contribution in [-0.4, -0.2) is 16.0 Å². The second-order valence-electron chi connectivity index (χ2n) is 6.67. The number of nitriles is 1. The van der Waals surface area contributed by atoms with Gasteiger partial charge in [-0.1, -0.05) is 17.7 Å². The Kier molecular flexibility index (Phi) is 6.98. The van der Waals surface area contributed by atoms with E-state index in [1.807, 2.05) is 6.07 Å². The molecule has 0 aliphatic heterocycles. The molecule has 10 heteroatoms. The van der Waals surface area contributed by atoms with Crippen molar-refractivity contribution in [3.63, 3.8) is 0 Å². The van der Waals surface area contributed by atoms with Crippen LogP contribution in [-0.2, 0) is 0 Å². The number of thiocarbonyl (C=S) groups is 1. The number of rotatable bonds is 4. The summed E-state index contributed by atoms with van der Waals surface area (Å²) in [6.07, 6.45) is 1.35. The number of halogens is 3. The zero-order valence-electron chi connectivity index (χ0n) is 16.8. The van der Waals surface area contributed by atoms with E-state index >= 15 is 0 Å². The van der Waals surface area contributed by atoms with Crippen molar-refractivity contribution in [2.45, 2.75) is 13.8 Å². The van der Waals surface area contributed by atoms with Crippen molar-refractivity contribution in [3.8, 4) is 17.7 Å². The smallest absolute Gasteiger partial charge is 0.263 e. The van der Waals surface area contributed by atoms with Gasteiger partial charge in [0.2, 0.25) is 5.88 Å². The van der Waals surface area contributed by atoms with Gasteiger partial charge in [-0.25, -0.2) is 13.8 Å². The summed E-state index contributed by atoms with van der Waals surface area (Å²) in [7, 11) is 0. The summed E-state index contributed by atoms with van der Waals surface area (Å²) < 4.78 is 33.4. The number of benzene rings is 2. The first kappa shape index (κ1) is 23.1. The van der Waals surface area contributed by atoms with Crippen LogP contribution in [0.3, 0.4) is 0 Å². The van der Waals surface area contributed by atoms with Crippen molar-refractivity contribution in [1.29, 1.82) is 5.26 Å². The van der Waals surface area contributed by atoms with E-state index in [2.05, 4.69) is 15.6 Å².